The molecule has 0 unspecified atom stereocenters. The highest BCUT2D eigenvalue weighted by Gasteiger charge is 2.41. The van der Waals surface area contributed by atoms with Gasteiger partial charge in [-0.15, -0.1) is 0 Å². The Balaban J connectivity index is 1.72. The van der Waals surface area contributed by atoms with Crippen LogP contribution in [-0.4, -0.2) is 44.8 Å². The van der Waals surface area contributed by atoms with Crippen LogP contribution < -0.4 is 5.32 Å². The Kier molecular flexibility index (Phi) is 6.63. The van der Waals surface area contributed by atoms with Crippen molar-refractivity contribution in [2.45, 2.75) is 38.9 Å². The van der Waals surface area contributed by atoms with Gasteiger partial charge in [0.05, 0.1) is 17.8 Å². The summed E-state index contributed by atoms with van der Waals surface area (Å²) < 4.78 is 7.66. The van der Waals surface area contributed by atoms with Crippen molar-refractivity contribution in [3.05, 3.63) is 83.2 Å². The Bertz CT molecular complexity index is 1020. The van der Waals surface area contributed by atoms with Crippen LogP contribution in [-0.2, 0) is 11.3 Å². The zero-order valence-corrected chi connectivity index (χ0v) is 19.1. The van der Waals surface area contributed by atoms with Gasteiger partial charge in [0.15, 0.2) is 5.11 Å². The van der Waals surface area contributed by atoms with Crippen molar-refractivity contribution in [1.29, 1.82) is 0 Å². The lowest BCUT2D eigenvalue weighted by Gasteiger charge is -2.28. The molecule has 31 heavy (non-hydrogen) atoms. The maximum absolute atomic E-state index is 5.76. The number of nitrogens with zero attached hydrogens (tertiary/aromatic N) is 4. The van der Waals surface area contributed by atoms with Crippen LogP contribution in [0.15, 0.2) is 55.0 Å². The highest BCUT2D eigenvalue weighted by molar-refractivity contribution is 7.80. The van der Waals surface area contributed by atoms with Crippen LogP contribution in [0.4, 0.5) is 0 Å². The second kappa shape index (κ2) is 9.58. The molecule has 0 aromatic carbocycles. The fraction of sp³-hybridized carbons (Fsp3) is 0.375. The fourth-order valence-corrected chi connectivity index (χ4v) is 4.74. The minimum atomic E-state index is 0.00567. The monoisotopic (exact) mass is 435 g/mol. The predicted octanol–water partition coefficient (Wildman–Crippen LogP) is 3.95. The van der Waals surface area contributed by atoms with Crippen molar-refractivity contribution >= 4 is 17.3 Å². The van der Waals surface area contributed by atoms with E-state index in [0.29, 0.717) is 6.61 Å². The molecule has 1 saturated heterocycles. The number of ether oxygens (including phenoxy) is 1. The minimum absolute atomic E-state index is 0.00567. The first kappa shape index (κ1) is 21.5. The Hall–Kier alpha value is -2.77. The molecule has 2 atom stereocenters. The van der Waals surface area contributed by atoms with Gasteiger partial charge in [-0.25, -0.2) is 0 Å². The molecule has 0 saturated carbocycles. The highest BCUT2D eigenvalue weighted by Crippen LogP contribution is 2.40. The second-order valence-electron chi connectivity index (χ2n) is 7.93. The molecule has 4 heterocycles. The molecule has 1 fully saturated rings. The summed E-state index contributed by atoms with van der Waals surface area (Å²) >= 11 is 5.76. The van der Waals surface area contributed by atoms with E-state index in [9.17, 15) is 0 Å². The van der Waals surface area contributed by atoms with E-state index in [1.165, 1.54) is 22.5 Å². The van der Waals surface area contributed by atoms with Crippen LogP contribution in [0, 0.1) is 13.8 Å². The lowest BCUT2D eigenvalue weighted by Crippen LogP contribution is -2.31. The smallest absolute Gasteiger partial charge is 0.170 e. The van der Waals surface area contributed by atoms with Crippen molar-refractivity contribution in [2.75, 3.05) is 20.3 Å². The third kappa shape index (κ3) is 4.48. The van der Waals surface area contributed by atoms with Gasteiger partial charge >= 0.3 is 0 Å². The van der Waals surface area contributed by atoms with E-state index < -0.39 is 0 Å². The number of hydrogen-bond donors (Lipinski definition) is 1. The summed E-state index contributed by atoms with van der Waals surface area (Å²) in [6, 6.07) is 12.6. The van der Waals surface area contributed by atoms with Gasteiger partial charge in [-0.3, -0.25) is 9.97 Å². The van der Waals surface area contributed by atoms with Crippen LogP contribution in [0.3, 0.4) is 0 Å². The first-order valence-electron chi connectivity index (χ1n) is 10.6. The zero-order valence-electron chi connectivity index (χ0n) is 18.3. The number of rotatable bonds is 8. The van der Waals surface area contributed by atoms with Gasteiger partial charge in [-0.2, -0.15) is 0 Å². The molecular weight excluding hydrogens is 406 g/mol. The van der Waals surface area contributed by atoms with Gasteiger partial charge < -0.3 is 19.5 Å². The SMILES string of the molecule is COCCCN1C(=S)N[C@@H](c2ccccn2)[C@@H]1c1cc(C)n(Cc2ccncc2)c1C. The summed E-state index contributed by atoms with van der Waals surface area (Å²) in [5.74, 6) is 0. The summed E-state index contributed by atoms with van der Waals surface area (Å²) in [6.07, 6.45) is 6.45. The third-order valence-electron chi connectivity index (χ3n) is 5.97. The van der Waals surface area contributed by atoms with Crippen LogP contribution in [0.1, 0.15) is 46.7 Å². The van der Waals surface area contributed by atoms with Crippen LogP contribution >= 0.6 is 12.2 Å². The molecule has 7 heteroatoms. The lowest BCUT2D eigenvalue weighted by molar-refractivity contribution is 0.180. The van der Waals surface area contributed by atoms with Crippen LogP contribution in [0.2, 0.25) is 0 Å². The number of pyridine rings is 2. The summed E-state index contributed by atoms with van der Waals surface area (Å²) in [6.45, 7) is 6.74. The Labute approximate surface area is 189 Å². The molecule has 0 aliphatic carbocycles. The molecule has 0 spiro atoms. The molecule has 1 aliphatic rings. The number of aryl methyl sites for hydroxylation is 1. The standard InChI is InChI=1S/C24H29N5OS/c1-17-15-20(18(2)29(17)16-19-8-11-25-12-9-19)23-22(21-7-4-5-10-26-21)27-24(31)28(23)13-6-14-30-3/h4-5,7-12,15,22-23H,6,13-14,16H2,1-3H3,(H,27,31)/t22-,23-/m0/s1. The first-order valence-corrected chi connectivity index (χ1v) is 11.0. The van der Waals surface area contributed by atoms with E-state index >= 15 is 0 Å². The minimum Gasteiger partial charge on any atom is -0.385 e. The number of hydrogen-bond acceptors (Lipinski definition) is 4. The normalized spacial score (nSPS) is 18.4. The quantitative estimate of drug-likeness (QED) is 0.427. The van der Waals surface area contributed by atoms with E-state index in [1.54, 1.807) is 7.11 Å². The molecule has 4 rings (SSSR count). The number of nitrogens with one attached hydrogen (secondary N) is 1. The summed E-state index contributed by atoms with van der Waals surface area (Å²) in [5.41, 5.74) is 6.01. The molecule has 0 radical (unpaired) electrons. The van der Waals surface area contributed by atoms with Gasteiger partial charge in [0.25, 0.3) is 0 Å². The average molecular weight is 436 g/mol. The topological polar surface area (TPSA) is 55.2 Å². The second-order valence-corrected chi connectivity index (χ2v) is 8.32. The first-order chi connectivity index (χ1) is 15.1. The maximum Gasteiger partial charge on any atom is 0.170 e. The van der Waals surface area contributed by atoms with E-state index in [0.717, 1.165) is 30.3 Å². The Morgan fingerprint density at radius 3 is 2.65 bits per heavy atom. The van der Waals surface area contributed by atoms with Crippen molar-refractivity contribution in [2.24, 2.45) is 0 Å². The Morgan fingerprint density at radius 2 is 1.94 bits per heavy atom. The summed E-state index contributed by atoms with van der Waals surface area (Å²) in [7, 11) is 1.74. The molecular formula is C24H29N5OS. The van der Waals surface area contributed by atoms with Crippen molar-refractivity contribution in [3.8, 4) is 0 Å². The average Bonchev–Trinajstić information content (AvgIpc) is 3.26. The van der Waals surface area contributed by atoms with E-state index in [-0.39, 0.29) is 12.1 Å². The number of thiocarbonyl (C=S) groups is 1. The molecule has 3 aromatic heterocycles. The maximum atomic E-state index is 5.76. The van der Waals surface area contributed by atoms with E-state index in [4.69, 9.17) is 17.0 Å². The number of methoxy groups -OCH3 is 1. The molecule has 1 N–H and O–H groups in total. The van der Waals surface area contributed by atoms with Gasteiger partial charge in [0.1, 0.15) is 0 Å². The van der Waals surface area contributed by atoms with Gasteiger partial charge in [0.2, 0.25) is 0 Å². The van der Waals surface area contributed by atoms with Gasteiger partial charge in [0, 0.05) is 56.8 Å². The van der Waals surface area contributed by atoms with Crippen LogP contribution in [0.25, 0.3) is 0 Å². The molecule has 1 aliphatic heterocycles. The highest BCUT2D eigenvalue weighted by atomic mass is 32.1. The zero-order chi connectivity index (χ0) is 21.8. The molecule has 3 aromatic rings. The Morgan fingerprint density at radius 1 is 1.13 bits per heavy atom. The van der Waals surface area contributed by atoms with Crippen LogP contribution in [0.5, 0.6) is 0 Å². The van der Waals surface area contributed by atoms with Crippen molar-refractivity contribution < 1.29 is 4.74 Å². The molecule has 6 nitrogen and oxygen atoms in total. The predicted molar refractivity (Wildman–Crippen MR) is 126 cm³/mol. The fourth-order valence-electron chi connectivity index (χ4n) is 4.41. The molecule has 162 valence electrons. The summed E-state index contributed by atoms with van der Waals surface area (Å²) in [4.78, 5) is 11.1. The lowest BCUT2D eigenvalue weighted by atomic mass is 9.96. The van der Waals surface area contributed by atoms with E-state index in [1.807, 2.05) is 30.7 Å². The van der Waals surface area contributed by atoms with E-state index in [2.05, 4.69) is 62.9 Å². The molecule has 0 bridgehead atoms. The number of aromatic nitrogens is 3. The van der Waals surface area contributed by atoms with Gasteiger partial charge in [-0.1, -0.05) is 6.07 Å². The third-order valence-corrected chi connectivity index (χ3v) is 6.32. The largest absolute Gasteiger partial charge is 0.385 e. The molecule has 0 amide bonds. The van der Waals surface area contributed by atoms with Crippen molar-refractivity contribution in [1.82, 2.24) is 24.8 Å². The summed E-state index contributed by atoms with van der Waals surface area (Å²) in [5, 5.41) is 4.31. The van der Waals surface area contributed by atoms with Gasteiger partial charge in [-0.05, 0) is 73.9 Å². The van der Waals surface area contributed by atoms with Crippen molar-refractivity contribution in [3.63, 3.8) is 0 Å².